The van der Waals surface area contributed by atoms with Gasteiger partial charge < -0.3 is 65.1 Å². The summed E-state index contributed by atoms with van der Waals surface area (Å²) in [6.07, 6.45) is 22.4. The highest BCUT2D eigenvalue weighted by Gasteiger charge is 2.50. The van der Waals surface area contributed by atoms with Gasteiger partial charge in [-0.3, -0.25) is 4.79 Å². The number of nitrogens with one attached hydrogen (secondary N) is 1. The number of aliphatic hydroxyl groups excluding tert-OH is 8. The summed E-state index contributed by atoms with van der Waals surface area (Å²) in [5.41, 5.74) is 0. The Hall–Kier alpha value is -3.09. The minimum atomic E-state index is -1.80. The quantitative estimate of drug-likeness (QED) is 0.0430. The molecule has 12 atom stereocenters. The van der Waals surface area contributed by atoms with Crippen LogP contribution in [0, 0.1) is 0 Å². The fourth-order valence-corrected chi connectivity index (χ4v) is 5.98. The van der Waals surface area contributed by atoms with E-state index in [0.717, 1.165) is 44.9 Å². The van der Waals surface area contributed by atoms with E-state index in [4.69, 9.17) is 18.9 Å². The van der Waals surface area contributed by atoms with Gasteiger partial charge in [0.1, 0.15) is 48.8 Å². The van der Waals surface area contributed by atoms with Crippen LogP contribution in [-0.4, -0.2) is 140 Å². The van der Waals surface area contributed by atoms with Crippen LogP contribution >= 0.6 is 0 Å². The van der Waals surface area contributed by atoms with E-state index >= 15 is 0 Å². The highest BCUT2D eigenvalue weighted by Crippen LogP contribution is 2.29. The van der Waals surface area contributed by atoms with E-state index in [-0.39, 0.29) is 13.0 Å². The Morgan fingerprint density at radius 2 is 1.16 bits per heavy atom. The van der Waals surface area contributed by atoms with Crippen molar-refractivity contribution < 1.29 is 64.6 Å². The van der Waals surface area contributed by atoms with E-state index < -0.39 is 92.7 Å². The zero-order chi connectivity index (χ0) is 42.5. The molecule has 2 rings (SSSR count). The van der Waals surface area contributed by atoms with E-state index in [0.29, 0.717) is 12.8 Å². The number of amides is 1. The number of aliphatic hydroxyl groups is 8. The second-order valence-corrected chi connectivity index (χ2v) is 14.0. The maximum absolute atomic E-state index is 13.0. The Balaban J connectivity index is 1.99. The average Bonchev–Trinajstić information content (AvgIpc) is 3.22. The molecule has 9 N–H and O–H groups in total. The maximum atomic E-state index is 13.0. The number of rotatable bonds is 27. The number of unbranched alkanes of at least 4 members (excludes halogenated alkanes) is 2. The Morgan fingerprint density at radius 1 is 0.638 bits per heavy atom. The maximum Gasteiger partial charge on any atom is 0.224 e. The minimum Gasteiger partial charge on any atom is -0.394 e. The molecule has 0 aliphatic carbocycles. The lowest BCUT2D eigenvalue weighted by atomic mass is 9.97. The lowest BCUT2D eigenvalue weighted by molar-refractivity contribution is -0.359. The van der Waals surface area contributed by atoms with Gasteiger partial charge in [0.15, 0.2) is 12.6 Å². The molecule has 2 heterocycles. The van der Waals surface area contributed by atoms with Crippen molar-refractivity contribution in [2.45, 2.75) is 152 Å². The first-order valence-electron chi connectivity index (χ1n) is 20.4. The lowest BCUT2D eigenvalue weighted by Crippen LogP contribution is -2.65. The average molecular weight is 820 g/mol. The third-order valence-corrected chi connectivity index (χ3v) is 9.36. The predicted octanol–water partition coefficient (Wildman–Crippen LogP) is 2.86. The van der Waals surface area contributed by atoms with Gasteiger partial charge in [-0.05, 0) is 64.7 Å². The minimum absolute atomic E-state index is 0.0310. The summed E-state index contributed by atoms with van der Waals surface area (Å²) in [6, 6.07) is -0.994. The topological polar surface area (TPSA) is 228 Å². The standard InChI is InChI=1S/C44H69NO13/c1-3-5-7-9-11-13-14-15-16-17-18-20-22-24-26-28-36(49)45-32(33(48)27-25-23-21-19-12-10-8-6-4-2)31-55-43-41(54)39(52)42(35(30-47)57-43)58-44-40(53)38(51)37(50)34(29-46)56-44/h4-7,11-13,15-16,18-20,24-27,32-35,37-44,46-48,50-54H,3,8-10,14,17,21-23,28-31H2,1-2H3,(H,45,49)/b6-4+,7-5-,13-11-,16-15-,19-12+,20-18-,26-24-,27-25+. The third kappa shape index (κ3) is 19.3. The number of ether oxygens (including phenoxy) is 4. The Kier molecular flexibility index (Phi) is 27.2. The van der Waals surface area contributed by atoms with Crippen LogP contribution in [0.3, 0.4) is 0 Å². The van der Waals surface area contributed by atoms with Crippen LogP contribution < -0.4 is 5.32 Å². The molecule has 0 spiro atoms. The van der Waals surface area contributed by atoms with E-state index in [1.54, 1.807) is 18.2 Å². The fourth-order valence-electron chi connectivity index (χ4n) is 5.98. The smallest absolute Gasteiger partial charge is 0.224 e. The van der Waals surface area contributed by atoms with Gasteiger partial charge >= 0.3 is 0 Å². The van der Waals surface area contributed by atoms with Gasteiger partial charge in [-0.15, -0.1) is 0 Å². The van der Waals surface area contributed by atoms with Crippen molar-refractivity contribution in [3.05, 3.63) is 97.2 Å². The van der Waals surface area contributed by atoms with Crippen molar-refractivity contribution in [1.29, 1.82) is 0 Å². The molecule has 0 aromatic carbocycles. The van der Waals surface area contributed by atoms with Crippen molar-refractivity contribution in [2.75, 3.05) is 19.8 Å². The number of allylic oxidation sites excluding steroid dienone is 14. The zero-order valence-electron chi connectivity index (χ0n) is 34.0. The Bertz CT molecular complexity index is 1340. The molecule has 0 aromatic rings. The molecular formula is C44H69NO13. The molecule has 0 radical (unpaired) electrons. The third-order valence-electron chi connectivity index (χ3n) is 9.36. The van der Waals surface area contributed by atoms with Gasteiger partial charge in [0.05, 0.1) is 32.0 Å². The van der Waals surface area contributed by atoms with E-state index in [2.05, 4.69) is 66.9 Å². The second-order valence-electron chi connectivity index (χ2n) is 14.0. The summed E-state index contributed by atoms with van der Waals surface area (Å²) in [4.78, 5) is 13.0. The Labute approximate surface area is 343 Å². The van der Waals surface area contributed by atoms with Crippen molar-refractivity contribution in [2.24, 2.45) is 0 Å². The molecule has 328 valence electrons. The van der Waals surface area contributed by atoms with Gasteiger partial charge in [-0.25, -0.2) is 0 Å². The van der Waals surface area contributed by atoms with Gasteiger partial charge in [0, 0.05) is 6.42 Å². The monoisotopic (exact) mass is 819 g/mol. The predicted molar refractivity (Wildman–Crippen MR) is 221 cm³/mol. The molecule has 2 aliphatic rings. The van der Waals surface area contributed by atoms with Crippen molar-refractivity contribution in [3.8, 4) is 0 Å². The molecule has 2 fully saturated rings. The number of hydrogen-bond donors (Lipinski definition) is 9. The molecular weight excluding hydrogens is 750 g/mol. The van der Waals surface area contributed by atoms with Crippen LogP contribution in [0.15, 0.2) is 97.2 Å². The first kappa shape index (κ1) is 51.1. The summed E-state index contributed by atoms with van der Waals surface area (Å²) >= 11 is 0. The molecule has 2 aliphatic heterocycles. The van der Waals surface area contributed by atoms with E-state index in [9.17, 15) is 45.6 Å². The Morgan fingerprint density at radius 3 is 1.72 bits per heavy atom. The first-order chi connectivity index (χ1) is 28.1. The number of hydrogen-bond acceptors (Lipinski definition) is 13. The summed E-state index contributed by atoms with van der Waals surface area (Å²) in [5.74, 6) is -0.391. The van der Waals surface area contributed by atoms with Crippen LogP contribution in [0.1, 0.15) is 78.1 Å². The van der Waals surface area contributed by atoms with E-state index in [1.165, 1.54) is 0 Å². The summed E-state index contributed by atoms with van der Waals surface area (Å²) in [5, 5.41) is 86.0. The highest BCUT2D eigenvalue weighted by molar-refractivity contribution is 5.77. The van der Waals surface area contributed by atoms with Gasteiger partial charge in [-0.1, -0.05) is 104 Å². The molecule has 0 bridgehead atoms. The fraction of sp³-hybridized carbons (Fsp3) is 0.614. The van der Waals surface area contributed by atoms with Crippen LogP contribution in [0.25, 0.3) is 0 Å². The van der Waals surface area contributed by atoms with Gasteiger partial charge in [0.25, 0.3) is 0 Å². The molecule has 14 heteroatoms. The van der Waals surface area contributed by atoms with E-state index in [1.807, 2.05) is 31.2 Å². The number of carbonyl (C=O) groups is 1. The summed E-state index contributed by atoms with van der Waals surface area (Å²) in [7, 11) is 0. The summed E-state index contributed by atoms with van der Waals surface area (Å²) in [6.45, 7) is 2.27. The van der Waals surface area contributed by atoms with Crippen molar-refractivity contribution >= 4 is 5.91 Å². The molecule has 14 nitrogen and oxygen atoms in total. The SMILES string of the molecule is C/C=C/CC/C=C/CC/C=C/C(O)C(COC1OC(CO)C(OC2OC(CO)C(O)C(O)C2O)C(O)C1O)NC(=O)C/C=C\C/C=C\C/C=C\C/C=C\C/C=C\CC. The van der Waals surface area contributed by atoms with Gasteiger partial charge in [0.2, 0.25) is 5.91 Å². The van der Waals surface area contributed by atoms with Gasteiger partial charge in [-0.2, -0.15) is 0 Å². The molecule has 1 amide bonds. The lowest BCUT2D eigenvalue weighted by Gasteiger charge is -2.46. The number of carbonyl (C=O) groups excluding carboxylic acids is 1. The highest BCUT2D eigenvalue weighted by atomic mass is 16.7. The first-order valence-corrected chi connectivity index (χ1v) is 20.4. The molecule has 12 unspecified atom stereocenters. The van der Waals surface area contributed by atoms with Crippen LogP contribution in [-0.2, 0) is 23.7 Å². The normalized spacial score (nSPS) is 29.8. The zero-order valence-corrected chi connectivity index (χ0v) is 34.0. The van der Waals surface area contributed by atoms with Crippen LogP contribution in [0.2, 0.25) is 0 Å². The van der Waals surface area contributed by atoms with Crippen molar-refractivity contribution in [3.63, 3.8) is 0 Å². The largest absolute Gasteiger partial charge is 0.394 e. The molecule has 0 aromatic heterocycles. The van der Waals surface area contributed by atoms with Crippen LogP contribution in [0.5, 0.6) is 0 Å². The molecule has 0 saturated carbocycles. The second kappa shape index (κ2) is 30.9. The van der Waals surface area contributed by atoms with Crippen LogP contribution in [0.4, 0.5) is 0 Å². The molecule has 2 saturated heterocycles. The van der Waals surface area contributed by atoms with Crippen molar-refractivity contribution in [1.82, 2.24) is 5.32 Å². The summed E-state index contributed by atoms with van der Waals surface area (Å²) < 4.78 is 22.4. The molecule has 58 heavy (non-hydrogen) atoms.